The second kappa shape index (κ2) is 6.21. The minimum atomic E-state index is 0.528. The highest BCUT2D eigenvalue weighted by Gasteiger charge is 2.04. The summed E-state index contributed by atoms with van der Waals surface area (Å²) in [4.78, 5) is 4.38. The van der Waals surface area contributed by atoms with Gasteiger partial charge in [-0.15, -0.1) is 10.2 Å². The predicted octanol–water partition coefficient (Wildman–Crippen LogP) is 2.96. The van der Waals surface area contributed by atoms with Crippen LogP contribution in [0.15, 0.2) is 47.5 Å². The molecule has 3 rings (SSSR count). The summed E-state index contributed by atoms with van der Waals surface area (Å²) >= 11 is 0. The number of hydrogen-bond donors (Lipinski definition) is 1. The van der Waals surface area contributed by atoms with Crippen molar-refractivity contribution in [1.29, 1.82) is 0 Å². The molecular formula is C15H17N5O. The number of nitrogens with zero attached hydrogens (tertiary/aromatic N) is 4. The maximum Gasteiger partial charge on any atom is 0.247 e. The highest BCUT2D eigenvalue weighted by molar-refractivity contribution is 5.58. The lowest BCUT2D eigenvalue weighted by Gasteiger charge is -2.09. The number of rotatable bonds is 6. The Hall–Kier alpha value is -2.63. The van der Waals surface area contributed by atoms with Crippen molar-refractivity contribution in [1.82, 2.24) is 19.7 Å². The molecule has 1 aromatic carbocycles. The molecule has 0 radical (unpaired) electrons. The Morgan fingerprint density at radius 1 is 1.24 bits per heavy atom. The summed E-state index contributed by atoms with van der Waals surface area (Å²) in [5.41, 5.74) is 1.94. The molecule has 0 fully saturated rings. The van der Waals surface area contributed by atoms with Crippen molar-refractivity contribution in [3.8, 4) is 11.5 Å². The Morgan fingerprint density at radius 3 is 2.81 bits per heavy atom. The molecule has 0 spiro atoms. The normalized spacial score (nSPS) is 10.7. The summed E-state index contributed by atoms with van der Waals surface area (Å²) in [6, 6.07) is 7.89. The molecule has 0 amide bonds. The highest BCUT2D eigenvalue weighted by atomic mass is 16.4. The molecule has 3 aromatic rings. The van der Waals surface area contributed by atoms with Crippen LogP contribution >= 0.6 is 0 Å². The smallest absolute Gasteiger partial charge is 0.247 e. The highest BCUT2D eigenvalue weighted by Crippen LogP contribution is 2.19. The van der Waals surface area contributed by atoms with E-state index in [2.05, 4.69) is 32.0 Å². The minimum Gasteiger partial charge on any atom is -0.423 e. The van der Waals surface area contributed by atoms with Gasteiger partial charge in [-0.3, -0.25) is 0 Å². The van der Waals surface area contributed by atoms with Crippen LogP contribution in [0.4, 0.5) is 5.69 Å². The third kappa shape index (κ3) is 3.10. The van der Waals surface area contributed by atoms with Crippen LogP contribution in [0, 0.1) is 0 Å². The van der Waals surface area contributed by atoms with Crippen LogP contribution in [0.25, 0.3) is 11.5 Å². The van der Waals surface area contributed by atoms with E-state index in [0.29, 0.717) is 12.4 Å². The Morgan fingerprint density at radius 2 is 2.10 bits per heavy atom. The molecule has 0 unspecified atom stereocenters. The van der Waals surface area contributed by atoms with Crippen LogP contribution in [-0.2, 0) is 13.1 Å². The zero-order valence-corrected chi connectivity index (χ0v) is 11.9. The molecule has 6 heteroatoms. The molecule has 2 aromatic heterocycles. The van der Waals surface area contributed by atoms with Crippen LogP contribution in [-0.4, -0.2) is 19.7 Å². The first-order valence-electron chi connectivity index (χ1n) is 6.97. The summed E-state index contributed by atoms with van der Waals surface area (Å²) < 4.78 is 7.33. The number of anilines is 1. The first-order valence-corrected chi connectivity index (χ1v) is 6.97. The van der Waals surface area contributed by atoms with E-state index in [9.17, 15) is 0 Å². The molecule has 0 atom stereocenters. The second-order valence-electron chi connectivity index (χ2n) is 4.71. The van der Waals surface area contributed by atoms with Crippen molar-refractivity contribution in [2.24, 2.45) is 0 Å². The predicted molar refractivity (Wildman–Crippen MR) is 79.6 cm³/mol. The summed E-state index contributed by atoms with van der Waals surface area (Å²) in [5.74, 6) is 1.57. The number of aryl methyl sites for hydroxylation is 1. The van der Waals surface area contributed by atoms with E-state index >= 15 is 0 Å². The van der Waals surface area contributed by atoms with Crippen LogP contribution in [0.1, 0.15) is 19.2 Å². The van der Waals surface area contributed by atoms with Gasteiger partial charge in [0, 0.05) is 30.2 Å². The zero-order chi connectivity index (χ0) is 14.5. The molecule has 0 aliphatic rings. The van der Waals surface area contributed by atoms with Gasteiger partial charge in [-0.1, -0.05) is 6.92 Å². The van der Waals surface area contributed by atoms with E-state index < -0.39 is 0 Å². The standard InChI is InChI=1S/C15H17N5O/c1-2-8-20-9-7-16-14(20)10-17-13-5-3-12(4-6-13)15-19-18-11-21-15/h3-7,9,11,17H,2,8,10H2,1H3. The summed E-state index contributed by atoms with van der Waals surface area (Å²) in [6.45, 7) is 3.85. The summed E-state index contributed by atoms with van der Waals surface area (Å²) in [5, 5.41) is 10.9. The number of hydrogen-bond acceptors (Lipinski definition) is 5. The first kappa shape index (κ1) is 13.4. The van der Waals surface area contributed by atoms with Gasteiger partial charge in [0.2, 0.25) is 12.3 Å². The monoisotopic (exact) mass is 283 g/mol. The topological polar surface area (TPSA) is 68.8 Å². The SMILES string of the molecule is CCCn1ccnc1CNc1ccc(-c2nnco2)cc1. The molecular weight excluding hydrogens is 266 g/mol. The molecule has 21 heavy (non-hydrogen) atoms. The van der Waals surface area contributed by atoms with Crippen molar-refractivity contribution in [2.75, 3.05) is 5.32 Å². The Kier molecular flexibility index (Phi) is 3.95. The van der Waals surface area contributed by atoms with Crippen LogP contribution in [0.5, 0.6) is 0 Å². The van der Waals surface area contributed by atoms with E-state index in [4.69, 9.17) is 4.42 Å². The van der Waals surface area contributed by atoms with E-state index in [1.54, 1.807) is 0 Å². The van der Waals surface area contributed by atoms with Crippen molar-refractivity contribution >= 4 is 5.69 Å². The van der Waals surface area contributed by atoms with Crippen LogP contribution in [0.2, 0.25) is 0 Å². The molecule has 0 saturated heterocycles. The lowest BCUT2D eigenvalue weighted by Crippen LogP contribution is -2.08. The largest absolute Gasteiger partial charge is 0.423 e. The van der Waals surface area contributed by atoms with Crippen molar-refractivity contribution in [3.63, 3.8) is 0 Å². The van der Waals surface area contributed by atoms with Crippen molar-refractivity contribution in [3.05, 3.63) is 48.9 Å². The zero-order valence-electron chi connectivity index (χ0n) is 11.9. The van der Waals surface area contributed by atoms with E-state index in [0.717, 1.165) is 30.0 Å². The van der Waals surface area contributed by atoms with Gasteiger partial charge in [0.25, 0.3) is 0 Å². The van der Waals surface area contributed by atoms with Crippen LogP contribution < -0.4 is 5.32 Å². The Bertz CT molecular complexity index is 672. The van der Waals surface area contributed by atoms with Crippen LogP contribution in [0.3, 0.4) is 0 Å². The molecule has 0 bridgehead atoms. The molecule has 2 heterocycles. The van der Waals surface area contributed by atoms with E-state index in [1.165, 1.54) is 6.39 Å². The maximum atomic E-state index is 5.16. The number of aromatic nitrogens is 4. The molecule has 0 aliphatic carbocycles. The fourth-order valence-electron chi connectivity index (χ4n) is 2.16. The Balaban J connectivity index is 1.64. The van der Waals surface area contributed by atoms with E-state index in [1.807, 2.05) is 36.7 Å². The number of imidazole rings is 1. The molecule has 108 valence electrons. The third-order valence-electron chi connectivity index (χ3n) is 3.21. The van der Waals surface area contributed by atoms with Gasteiger partial charge >= 0.3 is 0 Å². The summed E-state index contributed by atoms with van der Waals surface area (Å²) in [7, 11) is 0. The number of benzene rings is 1. The molecule has 0 saturated carbocycles. The van der Waals surface area contributed by atoms with Gasteiger partial charge in [-0.05, 0) is 30.7 Å². The molecule has 0 aliphatic heterocycles. The van der Waals surface area contributed by atoms with Crippen molar-refractivity contribution in [2.45, 2.75) is 26.4 Å². The fraction of sp³-hybridized carbons (Fsp3) is 0.267. The Labute approximate surface area is 122 Å². The lowest BCUT2D eigenvalue weighted by molar-refractivity contribution is 0.568. The number of nitrogens with one attached hydrogen (secondary N) is 1. The van der Waals surface area contributed by atoms with Gasteiger partial charge in [0.15, 0.2) is 0 Å². The third-order valence-corrected chi connectivity index (χ3v) is 3.21. The summed E-state index contributed by atoms with van der Waals surface area (Å²) in [6.07, 6.45) is 6.28. The minimum absolute atomic E-state index is 0.528. The van der Waals surface area contributed by atoms with E-state index in [-0.39, 0.29) is 0 Å². The lowest BCUT2D eigenvalue weighted by atomic mass is 10.2. The quantitative estimate of drug-likeness (QED) is 0.753. The first-order chi connectivity index (χ1) is 10.4. The average Bonchev–Trinajstić information content (AvgIpc) is 3.18. The van der Waals surface area contributed by atoms with Gasteiger partial charge in [-0.2, -0.15) is 0 Å². The van der Waals surface area contributed by atoms with Gasteiger partial charge in [0.1, 0.15) is 5.82 Å². The maximum absolute atomic E-state index is 5.16. The van der Waals surface area contributed by atoms with Gasteiger partial charge in [0.05, 0.1) is 6.54 Å². The second-order valence-corrected chi connectivity index (χ2v) is 4.71. The fourth-order valence-corrected chi connectivity index (χ4v) is 2.16. The van der Waals surface area contributed by atoms with Gasteiger partial charge in [-0.25, -0.2) is 4.98 Å². The molecule has 6 nitrogen and oxygen atoms in total. The van der Waals surface area contributed by atoms with Crippen molar-refractivity contribution < 1.29 is 4.42 Å². The average molecular weight is 283 g/mol. The molecule has 1 N–H and O–H groups in total. The van der Waals surface area contributed by atoms with Gasteiger partial charge < -0.3 is 14.3 Å².